The largest absolute Gasteiger partial charge is 0.489 e. The van der Waals surface area contributed by atoms with Gasteiger partial charge in [0.2, 0.25) is 10.0 Å². The molecule has 18 heavy (non-hydrogen) atoms. The molecule has 0 unspecified atom stereocenters. The SMILES string of the molecule is Cc1cc([N+](=O)[O-])cc(S(N)(=O)=O)c1OCCF. The Morgan fingerprint density at radius 2 is 2.11 bits per heavy atom. The molecule has 0 aliphatic rings. The van der Waals surface area contributed by atoms with Crippen molar-refractivity contribution in [3.05, 3.63) is 27.8 Å². The van der Waals surface area contributed by atoms with Gasteiger partial charge in [-0.25, -0.2) is 17.9 Å². The van der Waals surface area contributed by atoms with Crippen LogP contribution in [0.4, 0.5) is 10.1 Å². The first-order chi connectivity index (χ1) is 8.27. The second kappa shape index (κ2) is 5.27. The van der Waals surface area contributed by atoms with E-state index in [9.17, 15) is 22.9 Å². The monoisotopic (exact) mass is 278 g/mol. The molecule has 0 aromatic heterocycles. The zero-order chi connectivity index (χ0) is 13.9. The number of nitro benzene ring substituents is 1. The normalized spacial score (nSPS) is 11.3. The lowest BCUT2D eigenvalue weighted by Gasteiger charge is -2.11. The minimum Gasteiger partial charge on any atom is -0.489 e. The first kappa shape index (κ1) is 14.3. The topological polar surface area (TPSA) is 113 Å². The quantitative estimate of drug-likeness (QED) is 0.635. The molecule has 100 valence electrons. The van der Waals surface area contributed by atoms with Gasteiger partial charge in [0.15, 0.2) is 0 Å². The number of nitrogens with zero attached hydrogens (tertiary/aromatic N) is 1. The van der Waals surface area contributed by atoms with Crippen LogP contribution in [0.3, 0.4) is 0 Å². The van der Waals surface area contributed by atoms with Gasteiger partial charge in [-0.3, -0.25) is 10.1 Å². The number of hydrogen-bond acceptors (Lipinski definition) is 5. The highest BCUT2D eigenvalue weighted by atomic mass is 32.2. The molecule has 1 aromatic rings. The Hall–Kier alpha value is -1.74. The number of benzene rings is 1. The van der Waals surface area contributed by atoms with E-state index in [1.807, 2.05) is 0 Å². The Bertz CT molecular complexity index is 573. The van der Waals surface area contributed by atoms with Crippen molar-refractivity contribution in [3.63, 3.8) is 0 Å². The zero-order valence-corrected chi connectivity index (χ0v) is 10.2. The number of non-ortho nitro benzene ring substituents is 1. The summed E-state index contributed by atoms with van der Waals surface area (Å²) in [4.78, 5) is 9.35. The Morgan fingerprint density at radius 1 is 1.50 bits per heavy atom. The van der Waals surface area contributed by atoms with Crippen LogP contribution in [0.1, 0.15) is 5.56 Å². The molecular formula is C9H11FN2O5S. The lowest BCUT2D eigenvalue weighted by atomic mass is 10.2. The van der Waals surface area contributed by atoms with E-state index in [1.165, 1.54) is 6.92 Å². The Kier molecular flexibility index (Phi) is 4.19. The molecule has 0 fully saturated rings. The van der Waals surface area contributed by atoms with Gasteiger partial charge in [-0.05, 0) is 12.5 Å². The van der Waals surface area contributed by atoms with Gasteiger partial charge >= 0.3 is 0 Å². The number of nitro groups is 1. The smallest absolute Gasteiger partial charge is 0.271 e. The summed E-state index contributed by atoms with van der Waals surface area (Å²) in [5.74, 6) is -0.166. The summed E-state index contributed by atoms with van der Waals surface area (Å²) in [5, 5.41) is 15.6. The van der Waals surface area contributed by atoms with E-state index in [0.29, 0.717) is 0 Å². The highest BCUT2D eigenvalue weighted by Crippen LogP contribution is 2.31. The fourth-order valence-electron chi connectivity index (χ4n) is 1.37. The Labute approximate surface area is 103 Å². The summed E-state index contributed by atoms with van der Waals surface area (Å²) in [5.41, 5.74) is -0.231. The average molecular weight is 278 g/mol. The molecule has 0 amide bonds. The molecule has 0 atom stereocenters. The van der Waals surface area contributed by atoms with Crippen LogP contribution in [0.5, 0.6) is 5.75 Å². The number of sulfonamides is 1. The van der Waals surface area contributed by atoms with Crippen molar-refractivity contribution in [2.45, 2.75) is 11.8 Å². The second-order valence-electron chi connectivity index (χ2n) is 3.43. The molecule has 0 saturated carbocycles. The van der Waals surface area contributed by atoms with E-state index in [-0.39, 0.29) is 17.9 Å². The van der Waals surface area contributed by atoms with Gasteiger partial charge in [-0.15, -0.1) is 0 Å². The van der Waals surface area contributed by atoms with Crippen LogP contribution in [0.2, 0.25) is 0 Å². The Balaban J connectivity index is 3.45. The molecule has 1 aromatic carbocycles. The molecule has 0 radical (unpaired) electrons. The third-order valence-corrected chi connectivity index (χ3v) is 2.98. The van der Waals surface area contributed by atoms with E-state index in [0.717, 1.165) is 12.1 Å². The number of hydrogen-bond donors (Lipinski definition) is 1. The van der Waals surface area contributed by atoms with Gasteiger partial charge in [-0.2, -0.15) is 0 Å². The van der Waals surface area contributed by atoms with E-state index >= 15 is 0 Å². The third kappa shape index (κ3) is 3.14. The van der Waals surface area contributed by atoms with Crippen molar-refractivity contribution >= 4 is 15.7 Å². The number of primary sulfonamides is 1. The van der Waals surface area contributed by atoms with Gasteiger partial charge in [0.25, 0.3) is 5.69 Å². The number of aryl methyl sites for hydroxylation is 1. The van der Waals surface area contributed by atoms with E-state index in [1.54, 1.807) is 0 Å². The van der Waals surface area contributed by atoms with Crippen LogP contribution >= 0.6 is 0 Å². The number of halogens is 1. The minimum atomic E-state index is -4.19. The van der Waals surface area contributed by atoms with Crippen LogP contribution in [-0.4, -0.2) is 26.6 Å². The first-order valence-corrected chi connectivity index (χ1v) is 6.32. The maximum Gasteiger partial charge on any atom is 0.271 e. The zero-order valence-electron chi connectivity index (χ0n) is 9.42. The van der Waals surface area contributed by atoms with Crippen molar-refractivity contribution in [1.29, 1.82) is 0 Å². The Morgan fingerprint density at radius 3 is 2.56 bits per heavy atom. The van der Waals surface area contributed by atoms with E-state index in [4.69, 9.17) is 9.88 Å². The lowest BCUT2D eigenvalue weighted by Crippen LogP contribution is -2.15. The lowest BCUT2D eigenvalue weighted by molar-refractivity contribution is -0.385. The minimum absolute atomic E-state index is 0.166. The van der Waals surface area contributed by atoms with Crippen molar-refractivity contribution in [2.24, 2.45) is 5.14 Å². The molecule has 2 N–H and O–H groups in total. The van der Waals surface area contributed by atoms with Gasteiger partial charge in [0.1, 0.15) is 23.9 Å². The van der Waals surface area contributed by atoms with Crippen LogP contribution < -0.4 is 9.88 Å². The van der Waals surface area contributed by atoms with Crippen LogP contribution in [0.15, 0.2) is 17.0 Å². The molecule has 9 heteroatoms. The summed E-state index contributed by atoms with van der Waals surface area (Å²) in [6, 6.07) is 1.91. The summed E-state index contributed by atoms with van der Waals surface area (Å²) in [7, 11) is -4.19. The number of nitrogens with two attached hydrogens (primary N) is 1. The van der Waals surface area contributed by atoms with E-state index in [2.05, 4.69) is 0 Å². The first-order valence-electron chi connectivity index (χ1n) is 4.78. The van der Waals surface area contributed by atoms with Crippen molar-refractivity contribution in [1.82, 2.24) is 0 Å². The maximum atomic E-state index is 12.0. The van der Waals surface area contributed by atoms with Crippen LogP contribution in [0.25, 0.3) is 0 Å². The predicted molar refractivity (Wildman–Crippen MR) is 60.7 cm³/mol. The molecule has 1 rings (SSSR count). The average Bonchev–Trinajstić information content (AvgIpc) is 2.25. The van der Waals surface area contributed by atoms with Gasteiger partial charge < -0.3 is 4.74 Å². The maximum absolute atomic E-state index is 12.0. The fraction of sp³-hybridized carbons (Fsp3) is 0.333. The molecule has 0 aliphatic carbocycles. The molecule has 0 heterocycles. The summed E-state index contributed by atoms with van der Waals surface area (Å²) < 4.78 is 39.6. The molecule has 0 spiro atoms. The van der Waals surface area contributed by atoms with Gasteiger partial charge in [0.05, 0.1) is 4.92 Å². The highest BCUT2D eigenvalue weighted by Gasteiger charge is 2.22. The van der Waals surface area contributed by atoms with Crippen LogP contribution in [0, 0.1) is 17.0 Å². The summed E-state index contributed by atoms with van der Waals surface area (Å²) in [6.45, 7) is 0.233. The molecule has 0 saturated heterocycles. The second-order valence-corrected chi connectivity index (χ2v) is 4.96. The molecule has 0 bridgehead atoms. The molecular weight excluding hydrogens is 267 g/mol. The number of rotatable bonds is 5. The fourth-order valence-corrected chi connectivity index (χ4v) is 2.13. The van der Waals surface area contributed by atoms with Gasteiger partial charge in [0, 0.05) is 12.1 Å². The number of alkyl halides is 1. The molecule has 7 nitrogen and oxygen atoms in total. The van der Waals surface area contributed by atoms with Crippen molar-refractivity contribution in [3.8, 4) is 5.75 Å². The van der Waals surface area contributed by atoms with Crippen molar-refractivity contribution < 1.29 is 22.5 Å². The standard InChI is InChI=1S/C9H11FN2O5S/c1-6-4-7(12(13)14)5-8(18(11,15)16)9(6)17-3-2-10/h4-5H,2-3H2,1H3,(H2,11,15,16). The molecule has 0 aliphatic heterocycles. The highest BCUT2D eigenvalue weighted by molar-refractivity contribution is 7.89. The van der Waals surface area contributed by atoms with E-state index < -0.39 is 32.2 Å². The summed E-state index contributed by atoms with van der Waals surface area (Å²) in [6.07, 6.45) is 0. The third-order valence-electron chi connectivity index (χ3n) is 2.07. The predicted octanol–water partition coefficient (Wildman–Crippen LogP) is 0.899. The van der Waals surface area contributed by atoms with Crippen molar-refractivity contribution in [2.75, 3.05) is 13.3 Å². The number of ether oxygens (including phenoxy) is 1. The van der Waals surface area contributed by atoms with Gasteiger partial charge in [-0.1, -0.05) is 0 Å². The van der Waals surface area contributed by atoms with Crippen LogP contribution in [-0.2, 0) is 10.0 Å². The summed E-state index contributed by atoms with van der Waals surface area (Å²) >= 11 is 0.